The lowest BCUT2D eigenvalue weighted by atomic mass is 9.81. The van der Waals surface area contributed by atoms with Crippen molar-refractivity contribution in [2.45, 2.75) is 25.3 Å². The summed E-state index contributed by atoms with van der Waals surface area (Å²) in [6.07, 6.45) is 4.17. The standard InChI is InChI=1S/C24H23N/c1-24(2)21-11-7-6-10-19(21)20-14-13-18(16-22(20)24)23(25)15-12-17-8-4-3-5-9-17/h3-16,23H,25H2,1-2H3/b15-12-. The summed E-state index contributed by atoms with van der Waals surface area (Å²) >= 11 is 0. The average molecular weight is 325 g/mol. The molecule has 1 nitrogen and oxygen atoms in total. The van der Waals surface area contributed by atoms with Crippen LogP contribution in [0.15, 0.2) is 78.9 Å². The molecule has 0 spiro atoms. The van der Waals surface area contributed by atoms with Crippen LogP contribution in [0.4, 0.5) is 0 Å². The second-order valence-corrected chi connectivity index (χ2v) is 7.27. The first-order valence-corrected chi connectivity index (χ1v) is 8.80. The molecule has 25 heavy (non-hydrogen) atoms. The highest BCUT2D eigenvalue weighted by Crippen LogP contribution is 2.48. The highest BCUT2D eigenvalue weighted by molar-refractivity contribution is 5.81. The van der Waals surface area contributed by atoms with Crippen LogP contribution in [0.2, 0.25) is 0 Å². The molecule has 1 atom stereocenters. The van der Waals surface area contributed by atoms with Crippen LogP contribution in [-0.4, -0.2) is 0 Å². The fourth-order valence-corrected chi connectivity index (χ4v) is 3.82. The number of hydrogen-bond donors (Lipinski definition) is 1. The SMILES string of the molecule is CC1(C)c2ccccc2-c2ccc(C(N)/C=C\c3ccccc3)cc21. The summed E-state index contributed by atoms with van der Waals surface area (Å²) < 4.78 is 0. The van der Waals surface area contributed by atoms with Crippen molar-refractivity contribution in [3.8, 4) is 11.1 Å². The predicted octanol–water partition coefficient (Wildman–Crippen LogP) is 5.71. The minimum atomic E-state index is -0.106. The summed E-state index contributed by atoms with van der Waals surface area (Å²) in [5.74, 6) is 0. The van der Waals surface area contributed by atoms with Gasteiger partial charge in [0, 0.05) is 11.5 Å². The number of hydrogen-bond acceptors (Lipinski definition) is 1. The van der Waals surface area contributed by atoms with E-state index >= 15 is 0 Å². The van der Waals surface area contributed by atoms with Gasteiger partial charge in [0.1, 0.15) is 0 Å². The van der Waals surface area contributed by atoms with Gasteiger partial charge in [-0.3, -0.25) is 0 Å². The third-order valence-corrected chi connectivity index (χ3v) is 5.29. The molecule has 1 aliphatic rings. The first-order valence-electron chi connectivity index (χ1n) is 8.80. The molecule has 2 N–H and O–H groups in total. The lowest BCUT2D eigenvalue weighted by Gasteiger charge is -2.22. The maximum atomic E-state index is 6.44. The maximum Gasteiger partial charge on any atom is 0.0484 e. The quantitative estimate of drug-likeness (QED) is 0.656. The van der Waals surface area contributed by atoms with Crippen molar-refractivity contribution in [1.29, 1.82) is 0 Å². The van der Waals surface area contributed by atoms with Gasteiger partial charge in [-0.2, -0.15) is 0 Å². The van der Waals surface area contributed by atoms with Gasteiger partial charge in [-0.25, -0.2) is 0 Å². The molecule has 0 saturated heterocycles. The molecule has 0 radical (unpaired) electrons. The van der Waals surface area contributed by atoms with E-state index in [1.807, 2.05) is 18.2 Å². The summed E-state index contributed by atoms with van der Waals surface area (Å²) in [6.45, 7) is 4.60. The van der Waals surface area contributed by atoms with Crippen LogP contribution >= 0.6 is 0 Å². The van der Waals surface area contributed by atoms with Gasteiger partial charge in [-0.05, 0) is 33.4 Å². The summed E-state index contributed by atoms with van der Waals surface area (Å²) in [4.78, 5) is 0. The number of rotatable bonds is 3. The molecule has 0 saturated carbocycles. The molecule has 0 bridgehead atoms. The van der Waals surface area contributed by atoms with Crippen molar-refractivity contribution in [3.05, 3.63) is 101 Å². The first-order chi connectivity index (χ1) is 12.1. The molecule has 1 heteroatoms. The third kappa shape index (κ3) is 2.71. The van der Waals surface area contributed by atoms with Gasteiger partial charge in [-0.15, -0.1) is 0 Å². The van der Waals surface area contributed by atoms with Crippen LogP contribution in [0.3, 0.4) is 0 Å². The second kappa shape index (κ2) is 6.02. The molecule has 124 valence electrons. The maximum absolute atomic E-state index is 6.44. The van der Waals surface area contributed by atoms with Crippen molar-refractivity contribution in [2.75, 3.05) is 0 Å². The Morgan fingerprint density at radius 2 is 1.48 bits per heavy atom. The van der Waals surface area contributed by atoms with Gasteiger partial charge in [0.15, 0.2) is 0 Å². The molecular formula is C24H23N. The average Bonchev–Trinajstić information content (AvgIpc) is 2.88. The molecule has 0 amide bonds. The zero-order valence-electron chi connectivity index (χ0n) is 14.7. The van der Waals surface area contributed by atoms with E-state index in [9.17, 15) is 0 Å². The summed E-state index contributed by atoms with van der Waals surface area (Å²) in [7, 11) is 0. The summed E-state index contributed by atoms with van der Waals surface area (Å²) in [5, 5.41) is 0. The van der Waals surface area contributed by atoms with E-state index < -0.39 is 0 Å². The van der Waals surface area contributed by atoms with E-state index in [-0.39, 0.29) is 11.5 Å². The van der Waals surface area contributed by atoms with Crippen LogP contribution in [0, 0.1) is 0 Å². The minimum Gasteiger partial charge on any atom is -0.321 e. The van der Waals surface area contributed by atoms with E-state index in [1.54, 1.807) is 0 Å². The van der Waals surface area contributed by atoms with E-state index in [0.29, 0.717) is 0 Å². The van der Waals surface area contributed by atoms with Crippen LogP contribution in [0.25, 0.3) is 17.2 Å². The first kappa shape index (κ1) is 15.9. The molecule has 0 heterocycles. The van der Waals surface area contributed by atoms with Gasteiger partial charge in [0.2, 0.25) is 0 Å². The smallest absolute Gasteiger partial charge is 0.0484 e. The lowest BCUT2D eigenvalue weighted by molar-refractivity contribution is 0.658. The van der Waals surface area contributed by atoms with Crippen LogP contribution in [0.1, 0.15) is 42.1 Å². The van der Waals surface area contributed by atoms with Crippen molar-refractivity contribution >= 4 is 6.08 Å². The van der Waals surface area contributed by atoms with Gasteiger partial charge in [0.25, 0.3) is 0 Å². The molecule has 0 aliphatic heterocycles. The molecule has 1 aliphatic carbocycles. The van der Waals surface area contributed by atoms with E-state index in [4.69, 9.17) is 5.73 Å². The Kier molecular flexibility index (Phi) is 3.82. The summed E-state index contributed by atoms with van der Waals surface area (Å²) in [5.41, 5.74) is 14.2. The van der Waals surface area contributed by atoms with Crippen molar-refractivity contribution in [3.63, 3.8) is 0 Å². The van der Waals surface area contributed by atoms with Crippen LogP contribution in [-0.2, 0) is 5.41 Å². The Balaban J connectivity index is 1.69. The second-order valence-electron chi connectivity index (χ2n) is 7.27. The van der Waals surface area contributed by atoms with Crippen LogP contribution in [0.5, 0.6) is 0 Å². The molecule has 1 unspecified atom stereocenters. The Bertz CT molecular complexity index is 935. The fourth-order valence-electron chi connectivity index (χ4n) is 3.82. The zero-order chi connectivity index (χ0) is 17.4. The Hall–Kier alpha value is -2.64. The number of nitrogens with two attached hydrogens (primary N) is 1. The van der Waals surface area contributed by atoms with Crippen LogP contribution < -0.4 is 5.73 Å². The molecule has 3 aromatic carbocycles. The van der Waals surface area contributed by atoms with Crippen molar-refractivity contribution in [2.24, 2.45) is 5.73 Å². The molecule has 0 fully saturated rings. The van der Waals surface area contributed by atoms with Gasteiger partial charge >= 0.3 is 0 Å². The Morgan fingerprint density at radius 1 is 0.800 bits per heavy atom. The Morgan fingerprint density at radius 3 is 2.28 bits per heavy atom. The normalized spacial score (nSPS) is 15.8. The molecule has 4 rings (SSSR count). The zero-order valence-corrected chi connectivity index (χ0v) is 14.7. The minimum absolute atomic E-state index is 0.0187. The van der Waals surface area contributed by atoms with E-state index in [2.05, 4.69) is 80.6 Å². The highest BCUT2D eigenvalue weighted by atomic mass is 14.6. The number of benzene rings is 3. The monoisotopic (exact) mass is 325 g/mol. The molecule has 3 aromatic rings. The van der Waals surface area contributed by atoms with Gasteiger partial charge in [0.05, 0.1) is 0 Å². The third-order valence-electron chi connectivity index (χ3n) is 5.29. The fraction of sp³-hybridized carbons (Fsp3) is 0.167. The number of fused-ring (bicyclic) bond motifs is 3. The highest BCUT2D eigenvalue weighted by Gasteiger charge is 2.35. The molecule has 0 aromatic heterocycles. The largest absolute Gasteiger partial charge is 0.321 e. The topological polar surface area (TPSA) is 26.0 Å². The lowest BCUT2D eigenvalue weighted by Crippen LogP contribution is -2.16. The van der Waals surface area contributed by atoms with E-state index in [0.717, 1.165) is 5.56 Å². The van der Waals surface area contributed by atoms with Gasteiger partial charge < -0.3 is 5.73 Å². The van der Waals surface area contributed by atoms with Gasteiger partial charge in [-0.1, -0.05) is 98.8 Å². The summed E-state index contributed by atoms with van der Waals surface area (Å²) in [6, 6.07) is 25.6. The van der Waals surface area contributed by atoms with Crippen molar-refractivity contribution in [1.82, 2.24) is 0 Å². The van der Waals surface area contributed by atoms with E-state index in [1.165, 1.54) is 27.8 Å². The Labute approximate surface area is 149 Å². The predicted molar refractivity (Wildman–Crippen MR) is 106 cm³/mol. The molecular weight excluding hydrogens is 302 g/mol. The van der Waals surface area contributed by atoms with Crippen molar-refractivity contribution < 1.29 is 0 Å².